The smallest absolute Gasteiger partial charge is 0.138 e. The molecular formula is C10H17N7. The van der Waals surface area contributed by atoms with Crippen LogP contribution in [-0.4, -0.2) is 24.7 Å². The molecule has 2 aromatic heterocycles. The maximum atomic E-state index is 5.54. The van der Waals surface area contributed by atoms with Crippen LogP contribution in [0.2, 0.25) is 0 Å². The van der Waals surface area contributed by atoms with Gasteiger partial charge in [-0.1, -0.05) is 0 Å². The second kappa shape index (κ2) is 5.07. The summed E-state index contributed by atoms with van der Waals surface area (Å²) in [5, 5.41) is 4.19. The fraction of sp³-hybridized carbons (Fsp3) is 0.500. The minimum Gasteiger partial charge on any atom is -0.347 e. The average molecular weight is 235 g/mol. The van der Waals surface area contributed by atoms with Gasteiger partial charge in [0.25, 0.3) is 0 Å². The van der Waals surface area contributed by atoms with E-state index in [-0.39, 0.29) is 12.1 Å². The Bertz CT molecular complexity index is 445. The van der Waals surface area contributed by atoms with Crippen LogP contribution in [0.15, 0.2) is 18.7 Å². The lowest BCUT2D eigenvalue weighted by Gasteiger charge is -2.15. The van der Waals surface area contributed by atoms with Crippen molar-refractivity contribution in [3.8, 4) is 0 Å². The summed E-state index contributed by atoms with van der Waals surface area (Å²) in [6.07, 6.45) is 5.67. The molecule has 0 saturated carbocycles. The van der Waals surface area contributed by atoms with Gasteiger partial charge in [0.15, 0.2) is 0 Å². The number of H-pyrrole nitrogens is 1. The molecule has 0 fully saturated rings. The van der Waals surface area contributed by atoms with Crippen LogP contribution in [0.3, 0.4) is 0 Å². The fourth-order valence-corrected chi connectivity index (χ4v) is 1.74. The Hall–Kier alpha value is -1.73. The van der Waals surface area contributed by atoms with Gasteiger partial charge in [0, 0.05) is 24.9 Å². The first-order valence-electron chi connectivity index (χ1n) is 5.56. The van der Waals surface area contributed by atoms with Gasteiger partial charge in [-0.15, -0.1) is 0 Å². The zero-order valence-electron chi connectivity index (χ0n) is 9.96. The summed E-state index contributed by atoms with van der Waals surface area (Å²) in [4.78, 5) is 11.5. The average Bonchev–Trinajstić information content (AvgIpc) is 2.96. The Morgan fingerprint density at radius 1 is 1.47 bits per heavy atom. The third kappa shape index (κ3) is 2.51. The highest BCUT2D eigenvalue weighted by molar-refractivity contribution is 5.01. The SMILES string of the molecule is CC(C)n1ncnc1CC(NN)c1ncc[nH]1. The molecule has 2 aromatic rings. The molecule has 2 rings (SSSR count). The van der Waals surface area contributed by atoms with E-state index in [0.29, 0.717) is 6.42 Å². The van der Waals surface area contributed by atoms with Crippen LogP contribution in [0.1, 0.15) is 37.6 Å². The van der Waals surface area contributed by atoms with Crippen LogP contribution in [0, 0.1) is 0 Å². The number of hydrogen-bond acceptors (Lipinski definition) is 5. The number of rotatable bonds is 5. The standard InChI is InChI=1S/C10H17N7/c1-7(2)17-9(14-6-15-17)5-8(16-11)10-12-3-4-13-10/h3-4,6-8,16H,5,11H2,1-2H3,(H,12,13). The Morgan fingerprint density at radius 2 is 2.29 bits per heavy atom. The van der Waals surface area contributed by atoms with Gasteiger partial charge >= 0.3 is 0 Å². The molecule has 92 valence electrons. The Morgan fingerprint density at radius 3 is 2.88 bits per heavy atom. The molecule has 0 aliphatic heterocycles. The zero-order chi connectivity index (χ0) is 12.3. The summed E-state index contributed by atoms with van der Waals surface area (Å²) < 4.78 is 1.88. The lowest BCUT2D eigenvalue weighted by atomic mass is 10.2. The molecule has 1 atom stereocenters. The number of aromatic amines is 1. The van der Waals surface area contributed by atoms with Gasteiger partial charge in [-0.25, -0.2) is 20.1 Å². The van der Waals surface area contributed by atoms with Crippen molar-refractivity contribution in [3.63, 3.8) is 0 Å². The topological polar surface area (TPSA) is 97.4 Å². The first-order chi connectivity index (χ1) is 8.22. The first kappa shape index (κ1) is 11.7. The van der Waals surface area contributed by atoms with Crippen molar-refractivity contribution in [3.05, 3.63) is 30.4 Å². The lowest BCUT2D eigenvalue weighted by molar-refractivity contribution is 0.460. The highest BCUT2D eigenvalue weighted by Gasteiger charge is 2.17. The Kier molecular flexibility index (Phi) is 3.50. The molecule has 0 aliphatic carbocycles. The molecule has 0 saturated heterocycles. The number of hydrazine groups is 1. The molecule has 0 bridgehead atoms. The van der Waals surface area contributed by atoms with Crippen molar-refractivity contribution in [2.75, 3.05) is 0 Å². The molecule has 0 amide bonds. The summed E-state index contributed by atoms with van der Waals surface area (Å²) in [6.45, 7) is 4.13. The molecule has 1 unspecified atom stereocenters. The van der Waals surface area contributed by atoms with Crippen LogP contribution < -0.4 is 11.3 Å². The van der Waals surface area contributed by atoms with Gasteiger partial charge in [0.2, 0.25) is 0 Å². The highest BCUT2D eigenvalue weighted by atomic mass is 15.3. The van der Waals surface area contributed by atoms with E-state index in [1.807, 2.05) is 4.68 Å². The predicted octanol–water partition coefficient (Wildman–Crippen LogP) is 0.329. The summed E-state index contributed by atoms with van der Waals surface area (Å²) in [5.41, 5.74) is 2.73. The van der Waals surface area contributed by atoms with Gasteiger partial charge in [-0.05, 0) is 13.8 Å². The van der Waals surface area contributed by atoms with Crippen molar-refractivity contribution >= 4 is 0 Å². The van der Waals surface area contributed by atoms with Gasteiger partial charge in [0.1, 0.15) is 18.0 Å². The minimum absolute atomic E-state index is 0.0910. The normalized spacial score (nSPS) is 13.2. The second-order valence-corrected chi connectivity index (χ2v) is 4.11. The maximum absolute atomic E-state index is 5.54. The van der Waals surface area contributed by atoms with Gasteiger partial charge in [-0.2, -0.15) is 5.10 Å². The molecule has 7 nitrogen and oxygen atoms in total. The van der Waals surface area contributed by atoms with Gasteiger partial charge < -0.3 is 4.98 Å². The number of nitrogens with two attached hydrogens (primary N) is 1. The zero-order valence-corrected chi connectivity index (χ0v) is 9.96. The van der Waals surface area contributed by atoms with E-state index < -0.39 is 0 Å². The van der Waals surface area contributed by atoms with E-state index in [1.165, 1.54) is 0 Å². The molecule has 17 heavy (non-hydrogen) atoms. The van der Waals surface area contributed by atoms with E-state index in [4.69, 9.17) is 5.84 Å². The number of hydrogen-bond donors (Lipinski definition) is 3. The number of imidazole rings is 1. The van der Waals surface area contributed by atoms with Crippen molar-refractivity contribution in [2.45, 2.75) is 32.4 Å². The van der Waals surface area contributed by atoms with Gasteiger partial charge in [-0.3, -0.25) is 5.84 Å². The van der Waals surface area contributed by atoms with Crippen molar-refractivity contribution in [1.29, 1.82) is 0 Å². The molecular weight excluding hydrogens is 218 g/mol. The summed E-state index contributed by atoms with van der Waals surface area (Å²) in [5.74, 6) is 7.22. The van der Waals surface area contributed by atoms with E-state index in [9.17, 15) is 0 Å². The fourth-order valence-electron chi connectivity index (χ4n) is 1.74. The van der Waals surface area contributed by atoms with E-state index >= 15 is 0 Å². The van der Waals surface area contributed by atoms with Crippen LogP contribution in [0.5, 0.6) is 0 Å². The van der Waals surface area contributed by atoms with E-state index in [1.54, 1.807) is 18.7 Å². The Balaban J connectivity index is 2.16. The third-order valence-electron chi connectivity index (χ3n) is 2.57. The monoisotopic (exact) mass is 235 g/mol. The van der Waals surface area contributed by atoms with Crippen molar-refractivity contribution in [2.24, 2.45) is 5.84 Å². The summed E-state index contributed by atoms with van der Waals surface area (Å²) in [7, 11) is 0. The van der Waals surface area contributed by atoms with E-state index in [0.717, 1.165) is 11.6 Å². The lowest BCUT2D eigenvalue weighted by Crippen LogP contribution is -2.31. The number of nitrogens with one attached hydrogen (secondary N) is 2. The molecule has 0 aliphatic rings. The molecule has 7 heteroatoms. The van der Waals surface area contributed by atoms with Crippen molar-refractivity contribution in [1.82, 2.24) is 30.2 Å². The first-order valence-corrected chi connectivity index (χ1v) is 5.56. The minimum atomic E-state index is -0.0910. The molecule has 0 radical (unpaired) electrons. The predicted molar refractivity (Wildman–Crippen MR) is 62.8 cm³/mol. The second-order valence-electron chi connectivity index (χ2n) is 4.11. The maximum Gasteiger partial charge on any atom is 0.138 e. The van der Waals surface area contributed by atoms with Crippen LogP contribution in [-0.2, 0) is 6.42 Å². The molecule has 0 spiro atoms. The van der Waals surface area contributed by atoms with Crippen LogP contribution >= 0.6 is 0 Å². The van der Waals surface area contributed by atoms with E-state index in [2.05, 4.69) is 39.3 Å². The largest absolute Gasteiger partial charge is 0.347 e. The summed E-state index contributed by atoms with van der Waals surface area (Å²) in [6, 6.07) is 0.189. The third-order valence-corrected chi connectivity index (χ3v) is 2.57. The van der Waals surface area contributed by atoms with Crippen LogP contribution in [0.4, 0.5) is 0 Å². The molecule has 4 N–H and O–H groups in total. The highest BCUT2D eigenvalue weighted by Crippen LogP contribution is 2.14. The Labute approximate surface area is 99.4 Å². The number of nitrogens with zero attached hydrogens (tertiary/aromatic N) is 4. The number of aromatic nitrogens is 5. The summed E-state index contributed by atoms with van der Waals surface area (Å²) >= 11 is 0. The van der Waals surface area contributed by atoms with Crippen LogP contribution in [0.25, 0.3) is 0 Å². The quantitative estimate of drug-likeness (QED) is 0.512. The van der Waals surface area contributed by atoms with Crippen molar-refractivity contribution < 1.29 is 0 Å². The molecule has 0 aromatic carbocycles. The van der Waals surface area contributed by atoms with Gasteiger partial charge in [0.05, 0.1) is 6.04 Å². The molecule has 2 heterocycles.